The second-order valence-corrected chi connectivity index (χ2v) is 3.52. The van der Waals surface area contributed by atoms with Crippen molar-refractivity contribution in [1.82, 2.24) is 4.98 Å². The molecule has 0 bridgehead atoms. The van der Waals surface area contributed by atoms with Gasteiger partial charge in [0.05, 0.1) is 17.4 Å². The van der Waals surface area contributed by atoms with E-state index in [-0.39, 0.29) is 5.69 Å². The van der Waals surface area contributed by atoms with Gasteiger partial charge < -0.3 is 4.90 Å². The third kappa shape index (κ3) is 3.14. The molecule has 1 aromatic rings. The SMILES string of the molecule is CCN(CCC#N)c1ccc([N+](=O)[O-])c(C)n1. The number of nitro groups is 1. The van der Waals surface area contributed by atoms with Crippen molar-refractivity contribution in [2.45, 2.75) is 20.3 Å². The first kappa shape index (κ1) is 12.9. The molecule has 0 atom stereocenters. The molecule has 1 aromatic heterocycles. The van der Waals surface area contributed by atoms with Gasteiger partial charge in [-0.1, -0.05) is 0 Å². The first-order chi connectivity index (χ1) is 8.10. The highest BCUT2D eigenvalue weighted by molar-refractivity contribution is 5.46. The van der Waals surface area contributed by atoms with Crippen molar-refractivity contribution >= 4 is 11.5 Å². The zero-order valence-corrected chi connectivity index (χ0v) is 9.88. The first-order valence-electron chi connectivity index (χ1n) is 5.34. The summed E-state index contributed by atoms with van der Waals surface area (Å²) in [5.74, 6) is 0.672. The van der Waals surface area contributed by atoms with Gasteiger partial charge in [0.15, 0.2) is 0 Å². The molecule has 0 amide bonds. The normalized spacial score (nSPS) is 9.71. The quantitative estimate of drug-likeness (QED) is 0.575. The van der Waals surface area contributed by atoms with Crippen LogP contribution < -0.4 is 4.90 Å². The summed E-state index contributed by atoms with van der Waals surface area (Å²) in [5, 5.41) is 19.2. The minimum atomic E-state index is -0.447. The topological polar surface area (TPSA) is 83.1 Å². The second-order valence-electron chi connectivity index (χ2n) is 3.52. The lowest BCUT2D eigenvalue weighted by Crippen LogP contribution is -2.24. The van der Waals surface area contributed by atoms with Gasteiger partial charge in [-0.3, -0.25) is 10.1 Å². The van der Waals surface area contributed by atoms with Crippen LogP contribution in [0.25, 0.3) is 0 Å². The molecule has 6 heteroatoms. The summed E-state index contributed by atoms with van der Waals surface area (Å²) in [6, 6.07) is 5.14. The summed E-state index contributed by atoms with van der Waals surface area (Å²) in [4.78, 5) is 16.3. The van der Waals surface area contributed by atoms with E-state index in [4.69, 9.17) is 5.26 Å². The Morgan fingerprint density at radius 3 is 2.76 bits per heavy atom. The molecule has 6 nitrogen and oxygen atoms in total. The largest absolute Gasteiger partial charge is 0.356 e. The van der Waals surface area contributed by atoms with Crippen molar-refractivity contribution in [2.75, 3.05) is 18.0 Å². The van der Waals surface area contributed by atoms with Gasteiger partial charge in [0.25, 0.3) is 5.69 Å². The van der Waals surface area contributed by atoms with Crippen LogP contribution in [0.3, 0.4) is 0 Å². The summed E-state index contributed by atoms with van der Waals surface area (Å²) >= 11 is 0. The van der Waals surface area contributed by atoms with Crippen LogP contribution in [0.2, 0.25) is 0 Å². The third-order valence-electron chi connectivity index (χ3n) is 2.44. The van der Waals surface area contributed by atoms with E-state index in [1.165, 1.54) is 6.07 Å². The molecule has 0 aliphatic heterocycles. The fourth-order valence-corrected chi connectivity index (χ4v) is 1.53. The van der Waals surface area contributed by atoms with Crippen molar-refractivity contribution in [3.05, 3.63) is 27.9 Å². The molecule has 0 fully saturated rings. The van der Waals surface area contributed by atoms with E-state index in [0.29, 0.717) is 31.0 Å². The highest BCUT2D eigenvalue weighted by Gasteiger charge is 2.14. The molecule has 1 heterocycles. The average molecular weight is 234 g/mol. The van der Waals surface area contributed by atoms with Crippen molar-refractivity contribution in [3.8, 4) is 6.07 Å². The highest BCUT2D eigenvalue weighted by atomic mass is 16.6. The Hall–Kier alpha value is -2.16. The van der Waals surface area contributed by atoms with Gasteiger partial charge in [0, 0.05) is 19.2 Å². The first-order valence-corrected chi connectivity index (χ1v) is 5.34. The second kappa shape index (κ2) is 5.80. The zero-order valence-electron chi connectivity index (χ0n) is 9.88. The van der Waals surface area contributed by atoms with Crippen LogP contribution >= 0.6 is 0 Å². The van der Waals surface area contributed by atoms with Crippen LogP contribution in [0.5, 0.6) is 0 Å². The lowest BCUT2D eigenvalue weighted by atomic mass is 10.3. The number of anilines is 1. The van der Waals surface area contributed by atoms with E-state index in [1.54, 1.807) is 13.0 Å². The van der Waals surface area contributed by atoms with Crippen LogP contribution in [0.15, 0.2) is 12.1 Å². The molecule has 0 aliphatic carbocycles. The Morgan fingerprint density at radius 1 is 1.59 bits per heavy atom. The maximum Gasteiger partial charge on any atom is 0.290 e. The highest BCUT2D eigenvalue weighted by Crippen LogP contribution is 2.20. The van der Waals surface area contributed by atoms with Crippen molar-refractivity contribution in [3.63, 3.8) is 0 Å². The molecule has 0 saturated heterocycles. The van der Waals surface area contributed by atoms with E-state index >= 15 is 0 Å². The molecule has 0 radical (unpaired) electrons. The predicted molar refractivity (Wildman–Crippen MR) is 63.7 cm³/mol. The standard InChI is InChI=1S/C11H14N4O2/c1-3-14(8-4-7-12)11-6-5-10(15(16)17)9(2)13-11/h5-6H,3-4,8H2,1-2H3. The Balaban J connectivity index is 2.95. The number of pyridine rings is 1. The molecule has 0 N–H and O–H groups in total. The van der Waals surface area contributed by atoms with Crippen molar-refractivity contribution in [2.24, 2.45) is 0 Å². The van der Waals surface area contributed by atoms with Crippen LogP contribution in [-0.2, 0) is 0 Å². The van der Waals surface area contributed by atoms with E-state index in [0.717, 1.165) is 0 Å². The number of nitrogens with zero attached hydrogens (tertiary/aromatic N) is 4. The van der Waals surface area contributed by atoms with Gasteiger partial charge in [0.2, 0.25) is 0 Å². The van der Waals surface area contributed by atoms with Gasteiger partial charge in [-0.25, -0.2) is 4.98 Å². The van der Waals surface area contributed by atoms with Gasteiger partial charge >= 0.3 is 0 Å². The molecule has 0 aliphatic rings. The van der Waals surface area contributed by atoms with Crippen LogP contribution in [0, 0.1) is 28.4 Å². The fourth-order valence-electron chi connectivity index (χ4n) is 1.53. The Kier molecular flexibility index (Phi) is 4.40. The number of aryl methyl sites for hydroxylation is 1. The molecule has 0 saturated carbocycles. The molecule has 0 unspecified atom stereocenters. The summed E-state index contributed by atoms with van der Waals surface area (Å²) in [7, 11) is 0. The number of hydrogen-bond donors (Lipinski definition) is 0. The summed E-state index contributed by atoms with van der Waals surface area (Å²) in [6.45, 7) is 4.86. The van der Waals surface area contributed by atoms with Crippen molar-refractivity contribution in [1.29, 1.82) is 5.26 Å². The summed E-state index contributed by atoms with van der Waals surface area (Å²) in [5.41, 5.74) is 0.410. The van der Waals surface area contributed by atoms with Crippen LogP contribution in [0.1, 0.15) is 19.0 Å². The lowest BCUT2D eigenvalue weighted by molar-refractivity contribution is -0.385. The summed E-state index contributed by atoms with van der Waals surface area (Å²) < 4.78 is 0. The molecule has 0 aromatic carbocycles. The number of nitriles is 1. The lowest BCUT2D eigenvalue weighted by Gasteiger charge is -2.20. The minimum absolute atomic E-state index is 0.0186. The van der Waals surface area contributed by atoms with E-state index in [2.05, 4.69) is 11.1 Å². The maximum atomic E-state index is 10.7. The van der Waals surface area contributed by atoms with Gasteiger partial charge in [-0.15, -0.1) is 0 Å². The maximum absolute atomic E-state index is 10.7. The predicted octanol–water partition coefficient (Wildman–Crippen LogP) is 2.04. The molecular weight excluding hydrogens is 220 g/mol. The smallest absolute Gasteiger partial charge is 0.290 e. The Labute approximate surface area is 99.6 Å². The zero-order chi connectivity index (χ0) is 12.8. The Morgan fingerprint density at radius 2 is 2.29 bits per heavy atom. The van der Waals surface area contributed by atoms with E-state index < -0.39 is 4.92 Å². The third-order valence-corrected chi connectivity index (χ3v) is 2.44. The van der Waals surface area contributed by atoms with Gasteiger partial charge in [-0.2, -0.15) is 5.26 Å². The van der Waals surface area contributed by atoms with Gasteiger partial charge in [-0.05, 0) is 19.9 Å². The summed E-state index contributed by atoms with van der Waals surface area (Å²) in [6.07, 6.45) is 0.408. The number of rotatable bonds is 5. The van der Waals surface area contributed by atoms with Crippen molar-refractivity contribution < 1.29 is 4.92 Å². The van der Waals surface area contributed by atoms with E-state index in [9.17, 15) is 10.1 Å². The van der Waals surface area contributed by atoms with Crippen LogP contribution in [0.4, 0.5) is 11.5 Å². The minimum Gasteiger partial charge on any atom is -0.356 e. The number of hydrogen-bond acceptors (Lipinski definition) is 5. The molecular formula is C11H14N4O2. The number of aromatic nitrogens is 1. The fraction of sp³-hybridized carbons (Fsp3) is 0.455. The monoisotopic (exact) mass is 234 g/mol. The molecule has 90 valence electrons. The molecule has 0 spiro atoms. The van der Waals surface area contributed by atoms with Crippen LogP contribution in [-0.4, -0.2) is 23.0 Å². The Bertz CT molecular complexity index is 453. The molecule has 1 rings (SSSR count). The van der Waals surface area contributed by atoms with Gasteiger partial charge in [0.1, 0.15) is 11.5 Å². The average Bonchev–Trinajstić information content (AvgIpc) is 2.29. The molecule has 17 heavy (non-hydrogen) atoms. The van der Waals surface area contributed by atoms with E-state index in [1.807, 2.05) is 11.8 Å².